The summed E-state index contributed by atoms with van der Waals surface area (Å²) in [6, 6.07) is 4.77. The SMILES string of the molecule is CC(C)(C)[C@H](NC(=O)COCCN1CCN(c2ccc(C(N)=O)cn2)CC1)C(=O)N1CCC[C@H]1C(=O)NCc1cc(F)ccc1F. The molecule has 46 heavy (non-hydrogen) atoms. The van der Waals surface area contributed by atoms with Gasteiger partial charge in [0.15, 0.2) is 0 Å². The number of primary amides is 1. The van der Waals surface area contributed by atoms with Crippen molar-refractivity contribution in [3.63, 3.8) is 0 Å². The molecule has 0 unspecified atom stereocenters. The zero-order valence-electron chi connectivity index (χ0n) is 26.6. The molecule has 1 aromatic heterocycles. The number of nitrogens with one attached hydrogen (secondary N) is 2. The molecule has 2 aliphatic rings. The highest BCUT2D eigenvalue weighted by molar-refractivity contribution is 5.93. The van der Waals surface area contributed by atoms with Gasteiger partial charge in [0.2, 0.25) is 23.6 Å². The highest BCUT2D eigenvalue weighted by Gasteiger charge is 2.41. The Hall–Kier alpha value is -4.17. The average molecular weight is 644 g/mol. The number of carbonyl (C=O) groups excluding carboxylic acids is 4. The van der Waals surface area contributed by atoms with E-state index in [2.05, 4.69) is 25.4 Å². The number of hydrogen-bond donors (Lipinski definition) is 3. The Morgan fingerprint density at radius 3 is 2.46 bits per heavy atom. The first kappa shape index (κ1) is 34.7. The van der Waals surface area contributed by atoms with Crippen molar-refractivity contribution in [1.29, 1.82) is 0 Å². The first-order valence-electron chi connectivity index (χ1n) is 15.5. The molecule has 4 rings (SSSR count). The van der Waals surface area contributed by atoms with E-state index in [-0.39, 0.29) is 24.6 Å². The molecule has 250 valence electrons. The Kier molecular flexibility index (Phi) is 11.6. The van der Waals surface area contributed by atoms with Gasteiger partial charge in [0, 0.05) is 57.6 Å². The van der Waals surface area contributed by atoms with E-state index in [4.69, 9.17) is 10.5 Å². The summed E-state index contributed by atoms with van der Waals surface area (Å²) in [5, 5.41) is 5.42. The first-order chi connectivity index (χ1) is 21.8. The van der Waals surface area contributed by atoms with E-state index in [1.54, 1.807) is 12.1 Å². The van der Waals surface area contributed by atoms with E-state index in [1.165, 1.54) is 11.1 Å². The molecule has 3 heterocycles. The Bertz CT molecular complexity index is 1390. The number of piperazine rings is 1. The molecule has 0 aliphatic carbocycles. The van der Waals surface area contributed by atoms with Crippen LogP contribution in [0, 0.1) is 17.0 Å². The number of aromatic nitrogens is 1. The standard InChI is InChI=1S/C32H43F2N7O5/c1-32(2,3)28(31(45)41-10-4-5-25(41)30(44)37-19-22-17-23(33)7-8-24(22)34)38-27(42)20-46-16-15-39-11-13-40(14-12-39)26-9-6-21(18-36-26)29(35)43/h6-9,17-18,25,28H,4-5,10-16,19-20H2,1-3H3,(H2,35,43)(H,37,44)(H,38,42)/t25-,28+/m0/s1. The number of halogens is 2. The molecular formula is C32H43F2N7O5. The molecule has 0 spiro atoms. The summed E-state index contributed by atoms with van der Waals surface area (Å²) in [4.78, 5) is 60.9. The van der Waals surface area contributed by atoms with Crippen LogP contribution in [0.4, 0.5) is 14.6 Å². The Balaban J connectivity index is 1.22. The van der Waals surface area contributed by atoms with Crippen molar-refractivity contribution >= 4 is 29.4 Å². The van der Waals surface area contributed by atoms with Crippen LogP contribution in [0.1, 0.15) is 49.5 Å². The molecular weight excluding hydrogens is 600 g/mol. The predicted octanol–water partition coefficient (Wildman–Crippen LogP) is 1.44. The second kappa shape index (κ2) is 15.4. The van der Waals surface area contributed by atoms with Crippen LogP contribution in [0.3, 0.4) is 0 Å². The fourth-order valence-electron chi connectivity index (χ4n) is 5.58. The maximum atomic E-state index is 14.0. The summed E-state index contributed by atoms with van der Waals surface area (Å²) >= 11 is 0. The van der Waals surface area contributed by atoms with Crippen LogP contribution in [0.5, 0.6) is 0 Å². The number of ether oxygens (including phenoxy) is 1. The molecule has 1 aromatic carbocycles. The number of pyridine rings is 1. The van der Waals surface area contributed by atoms with Gasteiger partial charge in [-0.15, -0.1) is 0 Å². The molecule has 0 bridgehead atoms. The lowest BCUT2D eigenvalue weighted by molar-refractivity contribution is -0.144. The van der Waals surface area contributed by atoms with Crippen LogP contribution in [0.2, 0.25) is 0 Å². The van der Waals surface area contributed by atoms with Crippen molar-refractivity contribution < 1.29 is 32.7 Å². The van der Waals surface area contributed by atoms with Crippen molar-refractivity contribution in [3.05, 3.63) is 59.3 Å². The molecule has 4 amide bonds. The fourth-order valence-corrected chi connectivity index (χ4v) is 5.58. The minimum atomic E-state index is -0.906. The summed E-state index contributed by atoms with van der Waals surface area (Å²) in [6.45, 7) is 9.39. The number of hydrogen-bond acceptors (Lipinski definition) is 8. The van der Waals surface area contributed by atoms with Crippen LogP contribution in [-0.4, -0.2) is 103 Å². The Labute approximate surface area is 267 Å². The average Bonchev–Trinajstić information content (AvgIpc) is 3.52. The number of likely N-dealkylation sites (tertiary alicyclic amines) is 1. The van der Waals surface area contributed by atoms with Crippen molar-refractivity contribution in [3.8, 4) is 0 Å². The molecule has 12 nitrogen and oxygen atoms in total. The van der Waals surface area contributed by atoms with Gasteiger partial charge in [-0.05, 0) is 48.6 Å². The zero-order chi connectivity index (χ0) is 33.4. The second-order valence-electron chi connectivity index (χ2n) is 12.7. The normalized spacial score (nSPS) is 17.9. The quantitative estimate of drug-likeness (QED) is 0.294. The second-order valence-corrected chi connectivity index (χ2v) is 12.7. The predicted molar refractivity (Wildman–Crippen MR) is 167 cm³/mol. The highest BCUT2D eigenvalue weighted by atomic mass is 19.1. The van der Waals surface area contributed by atoms with Gasteiger partial charge in [0.05, 0.1) is 12.2 Å². The number of benzene rings is 1. The third-order valence-electron chi connectivity index (χ3n) is 8.23. The maximum absolute atomic E-state index is 14.0. The van der Waals surface area contributed by atoms with E-state index in [0.29, 0.717) is 38.1 Å². The number of anilines is 1. The minimum Gasteiger partial charge on any atom is -0.370 e. The van der Waals surface area contributed by atoms with Gasteiger partial charge < -0.3 is 30.9 Å². The lowest BCUT2D eigenvalue weighted by Gasteiger charge is -2.35. The van der Waals surface area contributed by atoms with E-state index in [1.807, 2.05) is 20.8 Å². The third-order valence-corrected chi connectivity index (χ3v) is 8.23. The van der Waals surface area contributed by atoms with Crippen LogP contribution >= 0.6 is 0 Å². The van der Waals surface area contributed by atoms with Gasteiger partial charge >= 0.3 is 0 Å². The summed E-state index contributed by atoms with van der Waals surface area (Å²) in [5.41, 5.74) is 5.00. The summed E-state index contributed by atoms with van der Waals surface area (Å²) in [5.74, 6) is -2.27. The lowest BCUT2D eigenvalue weighted by Crippen LogP contribution is -2.58. The van der Waals surface area contributed by atoms with Crippen LogP contribution < -0.4 is 21.3 Å². The zero-order valence-corrected chi connectivity index (χ0v) is 26.6. The van der Waals surface area contributed by atoms with E-state index >= 15 is 0 Å². The van der Waals surface area contributed by atoms with Crippen LogP contribution in [0.25, 0.3) is 0 Å². The Morgan fingerprint density at radius 2 is 1.80 bits per heavy atom. The van der Waals surface area contributed by atoms with Gasteiger partial charge in [-0.25, -0.2) is 13.8 Å². The number of nitrogens with zero attached hydrogens (tertiary/aromatic N) is 4. The van der Waals surface area contributed by atoms with E-state index in [0.717, 1.165) is 50.2 Å². The molecule has 2 fully saturated rings. The molecule has 0 radical (unpaired) electrons. The molecule has 2 aliphatic heterocycles. The molecule has 2 saturated heterocycles. The van der Waals surface area contributed by atoms with Crippen molar-refractivity contribution in [1.82, 2.24) is 25.4 Å². The highest BCUT2D eigenvalue weighted by Crippen LogP contribution is 2.26. The lowest BCUT2D eigenvalue weighted by atomic mass is 9.85. The van der Waals surface area contributed by atoms with Crippen molar-refractivity contribution in [2.24, 2.45) is 11.1 Å². The Morgan fingerprint density at radius 1 is 1.07 bits per heavy atom. The maximum Gasteiger partial charge on any atom is 0.250 e. The molecule has 14 heteroatoms. The molecule has 4 N–H and O–H groups in total. The van der Waals surface area contributed by atoms with E-state index < -0.39 is 46.9 Å². The van der Waals surface area contributed by atoms with Gasteiger partial charge in [-0.1, -0.05) is 20.8 Å². The number of carbonyl (C=O) groups is 4. The van der Waals surface area contributed by atoms with Crippen molar-refractivity contribution in [2.45, 2.75) is 52.2 Å². The van der Waals surface area contributed by atoms with Crippen molar-refractivity contribution in [2.75, 3.05) is 57.4 Å². The summed E-state index contributed by atoms with van der Waals surface area (Å²) in [7, 11) is 0. The first-order valence-corrected chi connectivity index (χ1v) is 15.5. The number of nitrogens with two attached hydrogens (primary N) is 1. The largest absolute Gasteiger partial charge is 0.370 e. The van der Waals surface area contributed by atoms with Gasteiger partial charge in [0.25, 0.3) is 0 Å². The summed E-state index contributed by atoms with van der Waals surface area (Å²) < 4.78 is 33.2. The van der Waals surface area contributed by atoms with Gasteiger partial charge in [-0.2, -0.15) is 0 Å². The fraction of sp³-hybridized carbons (Fsp3) is 0.531. The number of amides is 4. The minimum absolute atomic E-state index is 0.0113. The van der Waals surface area contributed by atoms with E-state index in [9.17, 15) is 28.0 Å². The monoisotopic (exact) mass is 643 g/mol. The van der Waals surface area contributed by atoms with Crippen LogP contribution in [-0.2, 0) is 25.7 Å². The smallest absolute Gasteiger partial charge is 0.250 e. The topological polar surface area (TPSA) is 150 Å². The van der Waals surface area contributed by atoms with Gasteiger partial charge in [-0.3, -0.25) is 24.1 Å². The molecule has 2 aromatic rings. The molecule has 0 saturated carbocycles. The van der Waals surface area contributed by atoms with Crippen LogP contribution in [0.15, 0.2) is 36.5 Å². The number of rotatable bonds is 12. The third kappa shape index (κ3) is 9.19. The summed E-state index contributed by atoms with van der Waals surface area (Å²) in [6.07, 6.45) is 2.49. The molecule has 2 atom stereocenters. The van der Waals surface area contributed by atoms with Gasteiger partial charge in [0.1, 0.15) is 36.1 Å².